The van der Waals surface area contributed by atoms with Crippen LogP contribution in [0.25, 0.3) is 10.2 Å². The molecular weight excluding hydrogens is 352 g/mol. The van der Waals surface area contributed by atoms with Crippen molar-refractivity contribution >= 4 is 39.1 Å². The number of fused-ring (bicyclic) bond motifs is 1. The molecule has 7 nitrogen and oxygen atoms in total. The van der Waals surface area contributed by atoms with E-state index in [2.05, 4.69) is 15.6 Å². The second-order valence-corrected chi connectivity index (χ2v) is 7.05. The lowest BCUT2D eigenvalue weighted by Crippen LogP contribution is -2.27. The molecule has 8 heteroatoms. The Balaban J connectivity index is 1.77. The van der Waals surface area contributed by atoms with E-state index < -0.39 is 0 Å². The van der Waals surface area contributed by atoms with Crippen molar-refractivity contribution in [1.29, 1.82) is 0 Å². The van der Waals surface area contributed by atoms with E-state index in [9.17, 15) is 14.4 Å². The number of nitrogens with zero attached hydrogens (tertiary/aromatic N) is 2. The van der Waals surface area contributed by atoms with Gasteiger partial charge in [-0.05, 0) is 43.7 Å². The molecule has 3 rings (SSSR count). The number of aryl methyl sites for hydroxylation is 2. The summed E-state index contributed by atoms with van der Waals surface area (Å²) < 4.78 is 1.30. The van der Waals surface area contributed by atoms with Gasteiger partial charge in [-0.2, -0.15) is 0 Å². The Morgan fingerprint density at radius 3 is 2.54 bits per heavy atom. The van der Waals surface area contributed by atoms with E-state index in [1.807, 2.05) is 13.8 Å². The molecule has 2 N–H and O–H groups in total. The summed E-state index contributed by atoms with van der Waals surface area (Å²) in [6, 6.07) is 6.51. The van der Waals surface area contributed by atoms with Gasteiger partial charge in [0.25, 0.3) is 11.5 Å². The van der Waals surface area contributed by atoms with Gasteiger partial charge in [0.15, 0.2) is 0 Å². The molecule has 0 aliphatic rings. The summed E-state index contributed by atoms with van der Waals surface area (Å²) in [4.78, 5) is 42.4. The van der Waals surface area contributed by atoms with Crippen LogP contribution >= 0.6 is 11.3 Å². The first-order valence-electron chi connectivity index (χ1n) is 7.98. The van der Waals surface area contributed by atoms with Crippen molar-refractivity contribution in [2.24, 2.45) is 0 Å². The van der Waals surface area contributed by atoms with Gasteiger partial charge in [-0.15, -0.1) is 11.3 Å². The number of rotatable bonds is 4. The molecule has 134 valence electrons. The number of carbonyl (C=O) groups excluding carboxylic acids is 2. The minimum absolute atomic E-state index is 0.132. The third kappa shape index (κ3) is 3.36. The molecule has 26 heavy (non-hydrogen) atoms. The van der Waals surface area contributed by atoms with Crippen LogP contribution in [0.3, 0.4) is 0 Å². The fourth-order valence-electron chi connectivity index (χ4n) is 2.59. The van der Waals surface area contributed by atoms with E-state index in [-0.39, 0.29) is 23.9 Å². The Bertz CT molecular complexity index is 1050. The van der Waals surface area contributed by atoms with Crippen molar-refractivity contribution in [3.05, 3.63) is 57.0 Å². The van der Waals surface area contributed by atoms with Crippen LogP contribution < -0.4 is 16.2 Å². The van der Waals surface area contributed by atoms with Crippen LogP contribution in [0.2, 0.25) is 0 Å². The topological polar surface area (TPSA) is 93.1 Å². The summed E-state index contributed by atoms with van der Waals surface area (Å²) in [5, 5.41) is 5.81. The van der Waals surface area contributed by atoms with Crippen LogP contribution in [-0.2, 0) is 11.3 Å². The third-order valence-corrected chi connectivity index (χ3v) is 5.24. The highest BCUT2D eigenvalue weighted by Crippen LogP contribution is 2.25. The van der Waals surface area contributed by atoms with Crippen LogP contribution in [-0.4, -0.2) is 28.4 Å². The van der Waals surface area contributed by atoms with Crippen molar-refractivity contribution in [2.45, 2.75) is 20.4 Å². The second kappa shape index (κ2) is 7.09. The normalized spacial score (nSPS) is 10.7. The lowest BCUT2D eigenvalue weighted by atomic mass is 10.2. The fourth-order valence-corrected chi connectivity index (χ4v) is 3.57. The zero-order valence-corrected chi connectivity index (χ0v) is 15.4. The molecule has 0 unspecified atom stereocenters. The van der Waals surface area contributed by atoms with E-state index in [4.69, 9.17) is 0 Å². The monoisotopic (exact) mass is 370 g/mol. The summed E-state index contributed by atoms with van der Waals surface area (Å²) in [5.41, 5.74) is 1.73. The third-order valence-electron chi connectivity index (χ3n) is 4.13. The van der Waals surface area contributed by atoms with Gasteiger partial charge in [0, 0.05) is 23.2 Å². The smallest absolute Gasteiger partial charge is 0.262 e. The first kappa shape index (κ1) is 17.8. The van der Waals surface area contributed by atoms with Crippen LogP contribution in [0.15, 0.2) is 35.4 Å². The molecule has 2 heterocycles. The van der Waals surface area contributed by atoms with Gasteiger partial charge in [-0.1, -0.05) is 0 Å². The predicted octanol–water partition coefficient (Wildman–Crippen LogP) is 2.07. The average Bonchev–Trinajstić information content (AvgIpc) is 2.92. The molecule has 0 atom stereocenters. The first-order valence-corrected chi connectivity index (χ1v) is 8.79. The molecule has 2 amide bonds. The van der Waals surface area contributed by atoms with Crippen molar-refractivity contribution in [3.8, 4) is 0 Å². The lowest BCUT2D eigenvalue weighted by molar-refractivity contribution is -0.116. The zero-order chi connectivity index (χ0) is 18.8. The van der Waals surface area contributed by atoms with Crippen molar-refractivity contribution in [1.82, 2.24) is 14.9 Å². The number of carbonyl (C=O) groups is 2. The molecule has 0 spiro atoms. The number of nitrogens with one attached hydrogen (secondary N) is 2. The number of aromatic nitrogens is 2. The molecular formula is C18H18N4O3S. The minimum atomic E-state index is -0.342. The maximum Gasteiger partial charge on any atom is 0.262 e. The second-order valence-electron chi connectivity index (χ2n) is 5.85. The van der Waals surface area contributed by atoms with Gasteiger partial charge in [-0.25, -0.2) is 4.98 Å². The van der Waals surface area contributed by atoms with Gasteiger partial charge < -0.3 is 10.6 Å². The van der Waals surface area contributed by atoms with Gasteiger partial charge >= 0.3 is 0 Å². The predicted molar refractivity (Wildman–Crippen MR) is 102 cm³/mol. The maximum atomic E-state index is 12.6. The Morgan fingerprint density at radius 2 is 1.88 bits per heavy atom. The molecule has 3 aromatic rings. The number of hydrogen-bond acceptors (Lipinski definition) is 5. The van der Waals surface area contributed by atoms with E-state index in [1.54, 1.807) is 31.3 Å². The maximum absolute atomic E-state index is 12.6. The number of hydrogen-bond donors (Lipinski definition) is 2. The molecule has 0 saturated carbocycles. The van der Waals surface area contributed by atoms with Gasteiger partial charge in [0.2, 0.25) is 5.91 Å². The van der Waals surface area contributed by atoms with E-state index in [0.29, 0.717) is 21.5 Å². The van der Waals surface area contributed by atoms with Crippen molar-refractivity contribution < 1.29 is 9.59 Å². The zero-order valence-electron chi connectivity index (χ0n) is 14.6. The molecule has 0 radical (unpaired) electrons. The Kier molecular flexibility index (Phi) is 4.85. The van der Waals surface area contributed by atoms with Crippen LogP contribution in [0.5, 0.6) is 0 Å². The SMILES string of the molecule is CNC(=O)c1ccc(NC(=O)Cn2cnc3sc(C)c(C)c3c2=O)cc1. The molecule has 0 aliphatic carbocycles. The number of anilines is 1. The molecule has 0 aliphatic heterocycles. The summed E-state index contributed by atoms with van der Waals surface area (Å²) in [7, 11) is 1.55. The average molecular weight is 370 g/mol. The van der Waals surface area contributed by atoms with Crippen LogP contribution in [0, 0.1) is 13.8 Å². The number of thiophene rings is 1. The quantitative estimate of drug-likeness (QED) is 0.735. The van der Waals surface area contributed by atoms with Crippen molar-refractivity contribution in [3.63, 3.8) is 0 Å². The fraction of sp³-hybridized carbons (Fsp3) is 0.222. The van der Waals surface area contributed by atoms with Gasteiger partial charge in [0.1, 0.15) is 11.4 Å². The van der Waals surface area contributed by atoms with E-state index >= 15 is 0 Å². The first-order chi connectivity index (χ1) is 12.4. The standard InChI is InChI=1S/C18H18N4O3S/c1-10-11(2)26-17-15(10)18(25)22(9-20-17)8-14(23)21-13-6-4-12(5-7-13)16(24)19-3/h4-7,9H,8H2,1-3H3,(H,19,24)(H,21,23). The number of benzene rings is 1. The number of amides is 2. The summed E-state index contributed by atoms with van der Waals surface area (Å²) in [5.74, 6) is -0.541. The van der Waals surface area contributed by atoms with Crippen LogP contribution in [0.4, 0.5) is 5.69 Å². The Hall–Kier alpha value is -3.00. The largest absolute Gasteiger partial charge is 0.355 e. The molecule has 0 saturated heterocycles. The molecule has 2 aromatic heterocycles. The Morgan fingerprint density at radius 1 is 1.19 bits per heavy atom. The highest BCUT2D eigenvalue weighted by molar-refractivity contribution is 7.18. The van der Waals surface area contributed by atoms with E-state index in [0.717, 1.165) is 10.4 Å². The molecule has 0 bridgehead atoms. The summed E-state index contributed by atoms with van der Waals surface area (Å²) in [6.45, 7) is 3.70. The van der Waals surface area contributed by atoms with Gasteiger partial charge in [-0.3, -0.25) is 19.0 Å². The Labute approximate surface area is 153 Å². The molecule has 0 fully saturated rings. The summed E-state index contributed by atoms with van der Waals surface area (Å²) >= 11 is 1.47. The van der Waals surface area contributed by atoms with Crippen molar-refractivity contribution in [2.75, 3.05) is 12.4 Å². The minimum Gasteiger partial charge on any atom is -0.355 e. The van der Waals surface area contributed by atoms with E-state index in [1.165, 1.54) is 22.2 Å². The van der Waals surface area contributed by atoms with Crippen LogP contribution in [0.1, 0.15) is 20.8 Å². The molecule has 1 aromatic carbocycles. The summed E-state index contributed by atoms with van der Waals surface area (Å²) in [6.07, 6.45) is 1.40. The highest BCUT2D eigenvalue weighted by atomic mass is 32.1. The highest BCUT2D eigenvalue weighted by Gasteiger charge is 2.14. The van der Waals surface area contributed by atoms with Gasteiger partial charge in [0.05, 0.1) is 11.7 Å². The lowest BCUT2D eigenvalue weighted by Gasteiger charge is -2.08.